The van der Waals surface area contributed by atoms with Crippen LogP contribution in [0.3, 0.4) is 0 Å². The van der Waals surface area contributed by atoms with Crippen molar-refractivity contribution in [2.45, 2.75) is 58.7 Å². The van der Waals surface area contributed by atoms with Gasteiger partial charge < -0.3 is 25.4 Å². The van der Waals surface area contributed by atoms with Crippen LogP contribution in [0.2, 0.25) is 5.02 Å². The molecule has 8 nitrogen and oxygen atoms in total. The van der Waals surface area contributed by atoms with Crippen LogP contribution in [0.1, 0.15) is 45.6 Å². The fourth-order valence-corrected chi connectivity index (χ4v) is 3.21. The van der Waals surface area contributed by atoms with Gasteiger partial charge in [0, 0.05) is 30.2 Å². The van der Waals surface area contributed by atoms with Gasteiger partial charge in [-0.1, -0.05) is 31.4 Å². The van der Waals surface area contributed by atoms with E-state index < -0.39 is 5.60 Å². The lowest BCUT2D eigenvalue weighted by atomic mass is 10.1. The predicted octanol–water partition coefficient (Wildman–Crippen LogP) is 4.17. The van der Waals surface area contributed by atoms with Crippen LogP contribution >= 0.6 is 11.6 Å². The number of hydrogen-bond acceptors (Lipinski definition) is 7. The Morgan fingerprint density at radius 3 is 2.70 bits per heavy atom. The van der Waals surface area contributed by atoms with Crippen molar-refractivity contribution < 1.29 is 10.2 Å². The normalized spacial score (nSPS) is 11.8. The van der Waals surface area contributed by atoms with Crippen molar-refractivity contribution in [1.29, 1.82) is 0 Å². The number of anilines is 2. The summed E-state index contributed by atoms with van der Waals surface area (Å²) in [6, 6.07) is 4.91. The Hall–Kier alpha value is -2.58. The van der Waals surface area contributed by atoms with E-state index in [2.05, 4.69) is 32.5 Å². The molecule has 9 heteroatoms. The van der Waals surface area contributed by atoms with Gasteiger partial charge in [0.25, 0.3) is 0 Å². The molecule has 0 atom stereocenters. The summed E-state index contributed by atoms with van der Waals surface area (Å²) in [5.74, 6) is 1.11. The van der Waals surface area contributed by atoms with E-state index in [0.29, 0.717) is 41.0 Å². The molecule has 0 spiro atoms. The minimum atomic E-state index is -0.903. The molecular formula is C21H29ClN6O2. The molecule has 0 saturated heterocycles. The molecular weight excluding hydrogens is 404 g/mol. The summed E-state index contributed by atoms with van der Waals surface area (Å²) in [5, 5.41) is 27.0. The molecule has 0 fully saturated rings. The maximum Gasteiger partial charge on any atom is 0.226 e. The maximum atomic E-state index is 10.1. The number of nitrogens with zero attached hydrogens (tertiary/aromatic N) is 4. The molecule has 3 rings (SSSR count). The second-order valence-electron chi connectivity index (χ2n) is 8.01. The van der Waals surface area contributed by atoms with E-state index in [-0.39, 0.29) is 5.75 Å². The Labute approximate surface area is 181 Å². The Kier molecular flexibility index (Phi) is 6.99. The van der Waals surface area contributed by atoms with Crippen molar-refractivity contribution in [2.24, 2.45) is 0 Å². The molecule has 0 radical (unpaired) electrons. The number of benzene rings is 1. The van der Waals surface area contributed by atoms with Crippen LogP contribution in [0.5, 0.6) is 5.75 Å². The van der Waals surface area contributed by atoms with Crippen LogP contribution in [-0.4, -0.2) is 41.9 Å². The van der Waals surface area contributed by atoms with E-state index >= 15 is 0 Å². The molecule has 0 unspecified atom stereocenters. The number of rotatable bonds is 10. The van der Waals surface area contributed by atoms with Crippen molar-refractivity contribution in [1.82, 2.24) is 19.5 Å². The number of phenols is 1. The third-order valence-corrected chi connectivity index (χ3v) is 4.87. The lowest BCUT2D eigenvalue weighted by Gasteiger charge is -2.18. The first-order valence-electron chi connectivity index (χ1n) is 10.2. The fourth-order valence-electron chi connectivity index (χ4n) is 3.01. The van der Waals surface area contributed by atoms with Crippen LogP contribution in [0.4, 0.5) is 11.8 Å². The Bertz CT molecular complexity index is 999. The molecule has 0 aliphatic heterocycles. The summed E-state index contributed by atoms with van der Waals surface area (Å²) >= 11 is 6.05. The molecule has 2 aromatic heterocycles. The van der Waals surface area contributed by atoms with Gasteiger partial charge in [-0.05, 0) is 38.5 Å². The summed E-state index contributed by atoms with van der Waals surface area (Å²) in [6.45, 7) is 7.05. The van der Waals surface area contributed by atoms with E-state index in [1.165, 1.54) is 0 Å². The van der Waals surface area contributed by atoms with Crippen LogP contribution in [0.15, 0.2) is 24.5 Å². The van der Waals surface area contributed by atoms with Crippen molar-refractivity contribution in [3.63, 3.8) is 0 Å². The van der Waals surface area contributed by atoms with Gasteiger partial charge in [0.1, 0.15) is 5.75 Å². The summed E-state index contributed by atoms with van der Waals surface area (Å²) < 4.78 is 2.02. The lowest BCUT2D eigenvalue weighted by Crippen LogP contribution is -2.30. The van der Waals surface area contributed by atoms with Gasteiger partial charge in [0.05, 0.1) is 11.9 Å². The van der Waals surface area contributed by atoms with Gasteiger partial charge in [0.15, 0.2) is 17.0 Å². The zero-order valence-electron chi connectivity index (χ0n) is 17.6. The summed E-state index contributed by atoms with van der Waals surface area (Å²) in [6.07, 6.45) is 5.08. The number of aromatic nitrogens is 4. The van der Waals surface area contributed by atoms with E-state index in [4.69, 9.17) is 11.6 Å². The standard InChI is InChI=1S/C21H29ClN6O2/c1-4-5-6-9-28-13-25-17-18(23-11-14-10-15(22)7-8-16(14)29)26-20(27-19(17)28)24-12-21(2,3)30/h7-8,10,13,29-30H,4-6,9,11-12H2,1-3H3,(H2,23,24,26,27). The molecule has 2 heterocycles. The van der Waals surface area contributed by atoms with Crippen molar-refractivity contribution in [3.05, 3.63) is 35.1 Å². The second-order valence-corrected chi connectivity index (χ2v) is 8.44. The minimum absolute atomic E-state index is 0.155. The van der Waals surface area contributed by atoms with Crippen LogP contribution < -0.4 is 10.6 Å². The largest absolute Gasteiger partial charge is 0.508 e. The number of aryl methyl sites for hydroxylation is 1. The van der Waals surface area contributed by atoms with Crippen molar-refractivity contribution >= 4 is 34.5 Å². The second kappa shape index (κ2) is 9.49. The number of aromatic hydroxyl groups is 1. The fraction of sp³-hybridized carbons (Fsp3) is 0.476. The number of aliphatic hydroxyl groups is 1. The highest BCUT2D eigenvalue weighted by molar-refractivity contribution is 6.30. The summed E-state index contributed by atoms with van der Waals surface area (Å²) in [7, 11) is 0. The number of fused-ring (bicyclic) bond motifs is 1. The van der Waals surface area contributed by atoms with E-state index in [9.17, 15) is 10.2 Å². The summed E-state index contributed by atoms with van der Waals surface area (Å²) in [4.78, 5) is 13.7. The molecule has 30 heavy (non-hydrogen) atoms. The Morgan fingerprint density at radius 2 is 1.97 bits per heavy atom. The number of phenolic OH excluding ortho intramolecular Hbond substituents is 1. The number of hydrogen-bond donors (Lipinski definition) is 4. The zero-order valence-corrected chi connectivity index (χ0v) is 18.4. The van der Waals surface area contributed by atoms with Gasteiger partial charge in [0.2, 0.25) is 5.95 Å². The van der Waals surface area contributed by atoms with E-state index in [1.807, 2.05) is 4.57 Å². The first-order chi connectivity index (χ1) is 14.3. The topological polar surface area (TPSA) is 108 Å². The number of halogens is 1. The quantitative estimate of drug-likeness (QED) is 0.356. The molecule has 162 valence electrons. The maximum absolute atomic E-state index is 10.1. The van der Waals surface area contributed by atoms with Crippen LogP contribution in [0.25, 0.3) is 11.2 Å². The first-order valence-corrected chi connectivity index (χ1v) is 10.5. The number of unbranched alkanes of at least 4 members (excludes halogenated alkanes) is 2. The van der Waals surface area contributed by atoms with Gasteiger partial charge in [-0.3, -0.25) is 0 Å². The lowest BCUT2D eigenvalue weighted by molar-refractivity contribution is 0.0943. The molecule has 0 amide bonds. The zero-order chi connectivity index (χ0) is 21.7. The molecule has 1 aromatic carbocycles. The predicted molar refractivity (Wildman–Crippen MR) is 120 cm³/mol. The molecule has 0 aliphatic carbocycles. The van der Waals surface area contributed by atoms with Crippen LogP contribution in [-0.2, 0) is 13.1 Å². The molecule has 0 bridgehead atoms. The van der Waals surface area contributed by atoms with Crippen molar-refractivity contribution in [3.8, 4) is 5.75 Å². The third kappa shape index (κ3) is 5.73. The average molecular weight is 433 g/mol. The average Bonchev–Trinajstić information content (AvgIpc) is 3.10. The number of nitrogens with one attached hydrogen (secondary N) is 2. The Morgan fingerprint density at radius 1 is 1.17 bits per heavy atom. The van der Waals surface area contributed by atoms with Gasteiger partial charge in [-0.2, -0.15) is 9.97 Å². The summed E-state index contributed by atoms with van der Waals surface area (Å²) in [5.41, 5.74) is 1.13. The molecule has 0 saturated carbocycles. The molecule has 3 aromatic rings. The van der Waals surface area contributed by atoms with Gasteiger partial charge in [-0.15, -0.1) is 0 Å². The molecule has 0 aliphatic rings. The highest BCUT2D eigenvalue weighted by Gasteiger charge is 2.17. The molecule has 4 N–H and O–H groups in total. The third-order valence-electron chi connectivity index (χ3n) is 4.63. The van der Waals surface area contributed by atoms with Gasteiger partial charge in [-0.25, -0.2) is 4.98 Å². The van der Waals surface area contributed by atoms with E-state index in [0.717, 1.165) is 31.5 Å². The highest BCUT2D eigenvalue weighted by Crippen LogP contribution is 2.25. The minimum Gasteiger partial charge on any atom is -0.508 e. The first kappa shape index (κ1) is 22.1. The number of imidazole rings is 1. The van der Waals surface area contributed by atoms with Crippen molar-refractivity contribution in [2.75, 3.05) is 17.2 Å². The van der Waals surface area contributed by atoms with Gasteiger partial charge >= 0.3 is 0 Å². The van der Waals surface area contributed by atoms with E-state index in [1.54, 1.807) is 38.4 Å². The van der Waals surface area contributed by atoms with Crippen LogP contribution in [0, 0.1) is 0 Å². The Balaban J connectivity index is 1.90. The highest BCUT2D eigenvalue weighted by atomic mass is 35.5. The SMILES string of the molecule is CCCCCn1cnc2c(NCc3cc(Cl)ccc3O)nc(NCC(C)(C)O)nc21. The smallest absolute Gasteiger partial charge is 0.226 e. The monoisotopic (exact) mass is 432 g/mol.